The highest BCUT2D eigenvalue weighted by Crippen LogP contribution is 2.20. The summed E-state index contributed by atoms with van der Waals surface area (Å²) in [7, 11) is -4.07. The summed E-state index contributed by atoms with van der Waals surface area (Å²) in [5, 5.41) is 3.01. The van der Waals surface area contributed by atoms with Crippen LogP contribution in [0, 0.1) is 0 Å². The van der Waals surface area contributed by atoms with Crippen molar-refractivity contribution in [3.05, 3.63) is 24.3 Å². The molecule has 96 valence electrons. The predicted octanol–water partition coefficient (Wildman–Crippen LogP) is 1.27. The van der Waals surface area contributed by atoms with Crippen molar-refractivity contribution in [2.24, 2.45) is 0 Å². The van der Waals surface area contributed by atoms with Crippen LogP contribution in [0.25, 0.3) is 0 Å². The van der Waals surface area contributed by atoms with Crippen molar-refractivity contribution in [3.8, 4) is 0 Å². The molecule has 0 saturated carbocycles. The maximum atomic E-state index is 11.5. The van der Waals surface area contributed by atoms with Gasteiger partial charge in [-0.25, -0.2) is 8.42 Å². The quantitative estimate of drug-likeness (QED) is 0.849. The van der Waals surface area contributed by atoms with Crippen LogP contribution in [-0.4, -0.2) is 36.9 Å². The van der Waals surface area contributed by atoms with Gasteiger partial charge in [-0.1, -0.05) is 19.1 Å². The van der Waals surface area contributed by atoms with E-state index >= 15 is 0 Å². The Balaban J connectivity index is 2.75. The summed E-state index contributed by atoms with van der Waals surface area (Å²) in [4.78, 5) is 0.280. The first-order valence-electron chi connectivity index (χ1n) is 5.33. The summed E-state index contributed by atoms with van der Waals surface area (Å²) in [5.41, 5.74) is 0.572. The van der Waals surface area contributed by atoms with Gasteiger partial charge in [0, 0.05) is 35.1 Å². The lowest BCUT2D eigenvalue weighted by Crippen LogP contribution is -2.13. The number of rotatable bonds is 6. The van der Waals surface area contributed by atoms with Gasteiger partial charge in [-0.05, 0) is 12.1 Å². The smallest absolute Gasteiger partial charge is 0.177 e. The number of para-hydroxylation sites is 1. The van der Waals surface area contributed by atoms with E-state index in [1.54, 1.807) is 24.3 Å². The standard InChI is InChI=1S/C11H17NO3S2/c1-3-16(13)9-8-12-10-6-4-5-7-11(10)17(2,14)15/h4-7,12H,3,8-9H2,1-2H3. The zero-order chi connectivity index (χ0) is 12.9. The molecule has 1 aromatic rings. The average molecular weight is 275 g/mol. The Morgan fingerprint density at radius 3 is 2.53 bits per heavy atom. The zero-order valence-electron chi connectivity index (χ0n) is 9.97. The van der Waals surface area contributed by atoms with Gasteiger partial charge in [0.2, 0.25) is 0 Å². The Hall–Kier alpha value is -0.880. The minimum absolute atomic E-state index is 0.280. The second-order valence-electron chi connectivity index (χ2n) is 3.63. The fraction of sp³-hybridized carbons (Fsp3) is 0.455. The van der Waals surface area contributed by atoms with Crippen molar-refractivity contribution in [2.45, 2.75) is 11.8 Å². The maximum Gasteiger partial charge on any atom is 0.177 e. The molecule has 17 heavy (non-hydrogen) atoms. The minimum atomic E-state index is -3.23. The topological polar surface area (TPSA) is 63.2 Å². The van der Waals surface area contributed by atoms with Crippen LogP contribution < -0.4 is 5.32 Å². The molecule has 0 aliphatic heterocycles. The largest absolute Gasteiger partial charge is 0.383 e. The molecule has 0 aromatic heterocycles. The van der Waals surface area contributed by atoms with Crippen LogP contribution in [-0.2, 0) is 20.6 Å². The van der Waals surface area contributed by atoms with E-state index in [1.807, 2.05) is 6.92 Å². The van der Waals surface area contributed by atoms with E-state index in [0.29, 0.717) is 23.7 Å². The Morgan fingerprint density at radius 2 is 1.94 bits per heavy atom. The van der Waals surface area contributed by atoms with Crippen LogP contribution in [0.4, 0.5) is 5.69 Å². The lowest BCUT2D eigenvalue weighted by molar-refractivity contribution is 0.602. The van der Waals surface area contributed by atoms with Gasteiger partial charge in [-0.2, -0.15) is 0 Å². The van der Waals surface area contributed by atoms with Crippen molar-refractivity contribution in [2.75, 3.05) is 29.6 Å². The van der Waals surface area contributed by atoms with Crippen LogP contribution in [0.5, 0.6) is 0 Å². The van der Waals surface area contributed by atoms with Crippen LogP contribution in [0.3, 0.4) is 0 Å². The molecule has 1 N–H and O–H groups in total. The third-order valence-electron chi connectivity index (χ3n) is 2.25. The summed E-state index contributed by atoms with van der Waals surface area (Å²) in [5.74, 6) is 1.14. The summed E-state index contributed by atoms with van der Waals surface area (Å²) in [6.45, 7) is 2.37. The molecule has 6 heteroatoms. The fourth-order valence-corrected chi connectivity index (χ4v) is 2.86. The van der Waals surface area contributed by atoms with E-state index in [9.17, 15) is 12.6 Å². The van der Waals surface area contributed by atoms with Crippen molar-refractivity contribution in [3.63, 3.8) is 0 Å². The number of sulfone groups is 1. The summed E-state index contributed by atoms with van der Waals surface area (Å²) >= 11 is 0. The molecule has 0 bridgehead atoms. The molecule has 0 aliphatic carbocycles. The Labute approximate surface area is 105 Å². The van der Waals surface area contributed by atoms with Gasteiger partial charge >= 0.3 is 0 Å². The third-order valence-corrected chi connectivity index (χ3v) is 4.71. The van der Waals surface area contributed by atoms with E-state index in [4.69, 9.17) is 0 Å². The van der Waals surface area contributed by atoms with Gasteiger partial charge in [-0.15, -0.1) is 0 Å². The normalized spacial score (nSPS) is 13.3. The van der Waals surface area contributed by atoms with E-state index in [-0.39, 0.29) is 4.90 Å². The molecule has 0 saturated heterocycles. The van der Waals surface area contributed by atoms with Crippen molar-refractivity contribution in [1.29, 1.82) is 0 Å². The first-order chi connectivity index (χ1) is 7.95. The van der Waals surface area contributed by atoms with Crippen LogP contribution in [0.15, 0.2) is 29.2 Å². The molecular weight excluding hydrogens is 258 g/mol. The van der Waals surface area contributed by atoms with Crippen molar-refractivity contribution < 1.29 is 12.6 Å². The van der Waals surface area contributed by atoms with Crippen LogP contribution in [0.2, 0.25) is 0 Å². The molecule has 1 aromatic carbocycles. The van der Waals surface area contributed by atoms with Gasteiger partial charge in [0.05, 0.1) is 10.6 Å². The highest BCUT2D eigenvalue weighted by atomic mass is 32.2. The fourth-order valence-electron chi connectivity index (χ4n) is 1.38. The number of benzene rings is 1. The monoisotopic (exact) mass is 275 g/mol. The molecule has 4 nitrogen and oxygen atoms in total. The molecule has 1 rings (SSSR count). The van der Waals surface area contributed by atoms with Gasteiger partial charge in [0.1, 0.15) is 0 Å². The van der Waals surface area contributed by atoms with Gasteiger partial charge in [-0.3, -0.25) is 4.21 Å². The maximum absolute atomic E-state index is 11.5. The van der Waals surface area contributed by atoms with E-state index in [0.717, 1.165) is 0 Å². The highest BCUT2D eigenvalue weighted by Gasteiger charge is 2.11. The Kier molecular flexibility index (Phi) is 5.14. The number of nitrogens with one attached hydrogen (secondary N) is 1. The molecule has 0 aliphatic rings. The highest BCUT2D eigenvalue weighted by molar-refractivity contribution is 7.90. The second kappa shape index (κ2) is 6.16. The molecule has 0 amide bonds. The number of hydrogen-bond donors (Lipinski definition) is 1. The lowest BCUT2D eigenvalue weighted by atomic mass is 10.3. The van der Waals surface area contributed by atoms with Gasteiger partial charge in [0.15, 0.2) is 9.84 Å². The molecule has 0 heterocycles. The van der Waals surface area contributed by atoms with Gasteiger partial charge < -0.3 is 5.32 Å². The van der Waals surface area contributed by atoms with E-state index < -0.39 is 20.6 Å². The number of anilines is 1. The molecule has 0 fully saturated rings. The van der Waals surface area contributed by atoms with Crippen molar-refractivity contribution >= 4 is 26.3 Å². The second-order valence-corrected chi connectivity index (χ2v) is 7.48. The Bertz CT molecular complexity index is 497. The molecule has 0 spiro atoms. The first-order valence-corrected chi connectivity index (χ1v) is 8.71. The first kappa shape index (κ1) is 14.2. The van der Waals surface area contributed by atoms with Gasteiger partial charge in [0.25, 0.3) is 0 Å². The van der Waals surface area contributed by atoms with E-state index in [2.05, 4.69) is 5.32 Å². The van der Waals surface area contributed by atoms with Crippen molar-refractivity contribution in [1.82, 2.24) is 0 Å². The third kappa shape index (κ3) is 4.47. The summed E-state index contributed by atoms with van der Waals surface area (Å²) < 4.78 is 34.3. The molecule has 1 atom stereocenters. The number of hydrogen-bond acceptors (Lipinski definition) is 4. The lowest BCUT2D eigenvalue weighted by Gasteiger charge is -2.10. The minimum Gasteiger partial charge on any atom is -0.383 e. The SMILES string of the molecule is CCS(=O)CCNc1ccccc1S(C)(=O)=O. The predicted molar refractivity (Wildman–Crippen MR) is 71.6 cm³/mol. The summed E-state index contributed by atoms with van der Waals surface area (Å²) in [6.07, 6.45) is 1.18. The van der Waals surface area contributed by atoms with Crippen LogP contribution >= 0.6 is 0 Å². The van der Waals surface area contributed by atoms with Crippen LogP contribution in [0.1, 0.15) is 6.92 Å². The molecule has 0 radical (unpaired) electrons. The van der Waals surface area contributed by atoms with E-state index in [1.165, 1.54) is 6.26 Å². The summed E-state index contributed by atoms with van der Waals surface area (Å²) in [6, 6.07) is 6.74. The Morgan fingerprint density at radius 1 is 1.29 bits per heavy atom. The molecular formula is C11H17NO3S2. The zero-order valence-corrected chi connectivity index (χ0v) is 11.6. The molecule has 1 unspecified atom stereocenters. The average Bonchev–Trinajstić information content (AvgIpc) is 2.28.